The minimum Gasteiger partial charge on any atom is -0.204 e. The first-order valence-corrected chi connectivity index (χ1v) is 7.34. The average molecular weight is 264 g/mol. The second kappa shape index (κ2) is 3.78. The number of nitrogens with one attached hydrogen (secondary N) is 1. The molecular weight excluding hydrogens is 250 g/mol. The van der Waals surface area contributed by atoms with Crippen LogP contribution in [0.15, 0.2) is 41.8 Å². The zero-order valence-corrected chi connectivity index (χ0v) is 11.8. The molecule has 0 aliphatic carbocycles. The van der Waals surface area contributed by atoms with E-state index in [2.05, 4.69) is 60.6 Å². The molecular formula is C17H14NS+. The molecule has 2 heteroatoms. The van der Waals surface area contributed by atoms with Gasteiger partial charge in [-0.1, -0.05) is 12.1 Å². The van der Waals surface area contributed by atoms with Crippen molar-refractivity contribution >= 4 is 32.3 Å². The predicted molar refractivity (Wildman–Crippen MR) is 82.0 cm³/mol. The molecule has 1 nitrogen and oxygen atoms in total. The van der Waals surface area contributed by atoms with Gasteiger partial charge in [-0.3, -0.25) is 0 Å². The number of aryl methyl sites for hydroxylation is 2. The van der Waals surface area contributed by atoms with Gasteiger partial charge in [0.05, 0.1) is 16.3 Å². The van der Waals surface area contributed by atoms with Crippen LogP contribution >= 0.6 is 11.3 Å². The van der Waals surface area contributed by atoms with E-state index in [1.807, 2.05) is 11.3 Å². The molecule has 19 heavy (non-hydrogen) atoms. The molecule has 2 aliphatic rings. The summed E-state index contributed by atoms with van der Waals surface area (Å²) < 4.78 is 1.33. The second-order valence-corrected chi connectivity index (χ2v) is 6.04. The van der Waals surface area contributed by atoms with E-state index in [4.69, 9.17) is 0 Å². The van der Waals surface area contributed by atoms with Gasteiger partial charge in [0.2, 0.25) is 11.2 Å². The van der Waals surface area contributed by atoms with Crippen LogP contribution in [-0.2, 0) is 0 Å². The van der Waals surface area contributed by atoms with Crippen LogP contribution in [0.5, 0.6) is 0 Å². The molecule has 0 aromatic heterocycles. The van der Waals surface area contributed by atoms with Crippen LogP contribution in [0.4, 0.5) is 0 Å². The first-order valence-electron chi connectivity index (χ1n) is 6.46. The van der Waals surface area contributed by atoms with Gasteiger partial charge in [-0.05, 0) is 43.2 Å². The molecule has 0 unspecified atom stereocenters. The van der Waals surface area contributed by atoms with Crippen molar-refractivity contribution in [1.29, 1.82) is 0 Å². The van der Waals surface area contributed by atoms with E-state index in [0.29, 0.717) is 0 Å². The Hall–Kier alpha value is -1.93. The number of rotatable bonds is 0. The fourth-order valence-electron chi connectivity index (χ4n) is 2.71. The molecule has 2 aliphatic heterocycles. The lowest BCUT2D eigenvalue weighted by atomic mass is 10.0. The van der Waals surface area contributed by atoms with E-state index in [9.17, 15) is 0 Å². The number of fused-ring (bicyclic) bond motifs is 5. The summed E-state index contributed by atoms with van der Waals surface area (Å²) >= 11 is 1.82. The van der Waals surface area contributed by atoms with Gasteiger partial charge in [-0.25, -0.2) is 4.98 Å². The Morgan fingerprint density at radius 2 is 1.74 bits per heavy atom. The van der Waals surface area contributed by atoms with Gasteiger partial charge in [0.25, 0.3) is 0 Å². The third-order valence-corrected chi connectivity index (χ3v) is 4.88. The van der Waals surface area contributed by atoms with Crippen LogP contribution in [0, 0.1) is 13.8 Å². The molecule has 1 N–H and O–H groups in total. The standard InChI is InChI=1S/C17H13NS/c1-10-7-13-14-9-19-16-6-4-3-5-12(16)17(14)18-15(13)8-11(10)2/h3-9H,1-2H3/p+1. The third-order valence-electron chi connectivity index (χ3n) is 3.91. The SMILES string of the molecule is Cc1cc2[nH+]c3c4ccccc4scc-3c2cc1C. The van der Waals surface area contributed by atoms with Gasteiger partial charge in [-0.2, -0.15) is 0 Å². The van der Waals surface area contributed by atoms with Crippen LogP contribution in [0.2, 0.25) is 0 Å². The Bertz CT molecular complexity index is 889. The lowest BCUT2D eigenvalue weighted by molar-refractivity contribution is -0.325. The minimum absolute atomic E-state index is 1.24. The zero-order valence-electron chi connectivity index (χ0n) is 10.9. The Labute approximate surface area is 115 Å². The molecule has 0 saturated carbocycles. The highest BCUT2D eigenvalue weighted by Crippen LogP contribution is 2.36. The minimum atomic E-state index is 1.24. The summed E-state index contributed by atoms with van der Waals surface area (Å²) in [5, 5.41) is 4.92. The summed E-state index contributed by atoms with van der Waals surface area (Å²) in [6, 6.07) is 13.1. The quantitative estimate of drug-likeness (QED) is 0.441. The molecule has 0 radical (unpaired) electrons. The number of H-pyrrole nitrogens is 1. The number of hydrogen-bond acceptors (Lipinski definition) is 1. The van der Waals surface area contributed by atoms with Crippen LogP contribution in [0.3, 0.4) is 0 Å². The van der Waals surface area contributed by atoms with Crippen molar-refractivity contribution in [2.24, 2.45) is 0 Å². The lowest BCUT2D eigenvalue weighted by Crippen LogP contribution is -2.00. The van der Waals surface area contributed by atoms with Gasteiger partial charge in [0, 0.05) is 16.1 Å². The fourth-order valence-corrected chi connectivity index (χ4v) is 3.66. The van der Waals surface area contributed by atoms with E-state index in [-0.39, 0.29) is 0 Å². The third kappa shape index (κ3) is 1.50. The molecule has 0 fully saturated rings. The normalized spacial score (nSPS) is 11.7. The topological polar surface area (TPSA) is 14.1 Å². The molecule has 0 amide bonds. The molecule has 2 aromatic carbocycles. The zero-order chi connectivity index (χ0) is 13.0. The highest BCUT2D eigenvalue weighted by molar-refractivity contribution is 7.17. The molecule has 2 aromatic rings. The van der Waals surface area contributed by atoms with Crippen LogP contribution in [-0.4, -0.2) is 0 Å². The van der Waals surface area contributed by atoms with E-state index < -0.39 is 0 Å². The number of benzene rings is 2. The Morgan fingerprint density at radius 3 is 2.63 bits per heavy atom. The van der Waals surface area contributed by atoms with Crippen molar-refractivity contribution in [3.05, 3.63) is 52.9 Å². The monoisotopic (exact) mass is 264 g/mol. The van der Waals surface area contributed by atoms with Crippen LogP contribution in [0.25, 0.3) is 32.2 Å². The molecule has 2 heterocycles. The second-order valence-electron chi connectivity index (χ2n) is 5.13. The smallest absolute Gasteiger partial charge is 0.204 e. The number of aromatic nitrogens is 1. The first kappa shape index (κ1) is 10.9. The van der Waals surface area contributed by atoms with E-state index in [1.165, 1.54) is 43.4 Å². The fraction of sp³-hybridized carbons (Fsp3) is 0.118. The van der Waals surface area contributed by atoms with Crippen molar-refractivity contribution in [1.82, 2.24) is 0 Å². The molecule has 92 valence electrons. The van der Waals surface area contributed by atoms with Crippen molar-refractivity contribution in [3.8, 4) is 11.3 Å². The van der Waals surface area contributed by atoms with E-state index in [0.717, 1.165) is 0 Å². The summed E-state index contributed by atoms with van der Waals surface area (Å²) in [6.45, 7) is 4.35. The maximum atomic E-state index is 3.60. The summed E-state index contributed by atoms with van der Waals surface area (Å²) in [4.78, 5) is 3.60. The number of aromatic amines is 1. The molecule has 0 spiro atoms. The number of hydrogen-bond donors (Lipinski definition) is 0. The van der Waals surface area contributed by atoms with Crippen molar-refractivity contribution < 1.29 is 4.98 Å². The highest BCUT2D eigenvalue weighted by atomic mass is 32.1. The highest BCUT2D eigenvalue weighted by Gasteiger charge is 2.22. The van der Waals surface area contributed by atoms with Gasteiger partial charge in [0.1, 0.15) is 0 Å². The van der Waals surface area contributed by atoms with Gasteiger partial charge in [0.15, 0.2) is 0 Å². The molecule has 4 rings (SSSR count). The average Bonchev–Trinajstić information content (AvgIpc) is 2.77. The predicted octanol–water partition coefficient (Wildman–Crippen LogP) is 4.59. The summed E-state index contributed by atoms with van der Waals surface area (Å²) in [7, 11) is 0. The van der Waals surface area contributed by atoms with Crippen molar-refractivity contribution in [2.75, 3.05) is 0 Å². The van der Waals surface area contributed by atoms with Gasteiger partial charge >= 0.3 is 0 Å². The Kier molecular flexibility index (Phi) is 2.18. The lowest BCUT2D eigenvalue weighted by Gasteiger charge is -1.99. The van der Waals surface area contributed by atoms with Gasteiger partial charge < -0.3 is 0 Å². The summed E-state index contributed by atoms with van der Waals surface area (Å²) in [6.07, 6.45) is 0. The molecule has 0 atom stereocenters. The first-order chi connectivity index (χ1) is 9.24. The Balaban J connectivity index is 2.22. The Morgan fingerprint density at radius 1 is 0.947 bits per heavy atom. The summed E-state index contributed by atoms with van der Waals surface area (Å²) in [5.41, 5.74) is 6.52. The maximum absolute atomic E-state index is 3.60. The van der Waals surface area contributed by atoms with Crippen LogP contribution in [0.1, 0.15) is 11.1 Å². The van der Waals surface area contributed by atoms with E-state index in [1.54, 1.807) is 0 Å². The van der Waals surface area contributed by atoms with Crippen molar-refractivity contribution in [2.45, 2.75) is 13.8 Å². The maximum Gasteiger partial charge on any atom is 0.221 e. The largest absolute Gasteiger partial charge is 0.221 e. The molecule has 0 bridgehead atoms. The van der Waals surface area contributed by atoms with Gasteiger partial charge in [-0.15, -0.1) is 11.3 Å². The van der Waals surface area contributed by atoms with Crippen molar-refractivity contribution in [3.63, 3.8) is 0 Å². The summed E-state index contributed by atoms with van der Waals surface area (Å²) in [5.74, 6) is 0. The molecule has 0 saturated heterocycles. The van der Waals surface area contributed by atoms with E-state index >= 15 is 0 Å². The van der Waals surface area contributed by atoms with Crippen LogP contribution < -0.4 is 4.98 Å².